The lowest BCUT2D eigenvalue weighted by atomic mass is 10.1. The Hall–Kier alpha value is -1.65. The number of ketones is 1. The standard InChI is InChI=1S/C9H8F2O3/c1-14-7-4-5(2-3-6(7)12)8(13)9(10)11/h2-4,9,12H,1H3. The number of hydrogen-bond acceptors (Lipinski definition) is 3. The molecule has 14 heavy (non-hydrogen) atoms. The van der Waals surface area contributed by atoms with Gasteiger partial charge in [0.05, 0.1) is 7.11 Å². The van der Waals surface area contributed by atoms with Crippen molar-refractivity contribution in [3.63, 3.8) is 0 Å². The Bertz CT molecular complexity index is 350. The average molecular weight is 202 g/mol. The average Bonchev–Trinajstić information content (AvgIpc) is 2.17. The van der Waals surface area contributed by atoms with Crippen LogP contribution in [0.25, 0.3) is 0 Å². The summed E-state index contributed by atoms with van der Waals surface area (Å²) in [7, 11) is 1.27. The summed E-state index contributed by atoms with van der Waals surface area (Å²) in [6.45, 7) is 0. The fourth-order valence-electron chi connectivity index (χ4n) is 0.957. The Morgan fingerprint density at radius 1 is 1.50 bits per heavy atom. The van der Waals surface area contributed by atoms with Crippen molar-refractivity contribution in [2.24, 2.45) is 0 Å². The summed E-state index contributed by atoms with van der Waals surface area (Å²) in [6, 6.07) is 3.32. The highest BCUT2D eigenvalue weighted by Crippen LogP contribution is 2.27. The zero-order valence-corrected chi connectivity index (χ0v) is 7.33. The van der Waals surface area contributed by atoms with E-state index in [0.29, 0.717) is 0 Å². The van der Waals surface area contributed by atoms with Crippen molar-refractivity contribution in [2.75, 3.05) is 7.11 Å². The van der Waals surface area contributed by atoms with Gasteiger partial charge in [-0.15, -0.1) is 0 Å². The molecule has 0 spiro atoms. The third-order valence-corrected chi connectivity index (χ3v) is 1.66. The summed E-state index contributed by atoms with van der Waals surface area (Å²) < 4.78 is 28.7. The highest BCUT2D eigenvalue weighted by atomic mass is 19.3. The number of rotatable bonds is 3. The molecule has 0 unspecified atom stereocenters. The smallest absolute Gasteiger partial charge is 0.300 e. The Kier molecular flexibility index (Phi) is 3.01. The fourth-order valence-corrected chi connectivity index (χ4v) is 0.957. The molecule has 1 aromatic rings. The second-order valence-corrected chi connectivity index (χ2v) is 2.55. The Labute approximate surface area is 78.9 Å². The van der Waals surface area contributed by atoms with Gasteiger partial charge >= 0.3 is 6.43 Å². The number of halogens is 2. The molecule has 0 saturated heterocycles. The van der Waals surface area contributed by atoms with Crippen molar-refractivity contribution in [1.82, 2.24) is 0 Å². The van der Waals surface area contributed by atoms with E-state index in [4.69, 9.17) is 5.11 Å². The fraction of sp³-hybridized carbons (Fsp3) is 0.222. The molecule has 0 atom stereocenters. The molecule has 0 fully saturated rings. The van der Waals surface area contributed by atoms with Crippen molar-refractivity contribution in [2.45, 2.75) is 6.43 Å². The van der Waals surface area contributed by atoms with Crippen LogP contribution in [0.15, 0.2) is 18.2 Å². The minimum absolute atomic E-state index is 0.00324. The molecule has 0 aromatic heterocycles. The molecule has 76 valence electrons. The van der Waals surface area contributed by atoms with Gasteiger partial charge in [-0.1, -0.05) is 0 Å². The van der Waals surface area contributed by atoms with Gasteiger partial charge in [0.15, 0.2) is 11.5 Å². The zero-order valence-electron chi connectivity index (χ0n) is 7.33. The number of aromatic hydroxyl groups is 1. The number of methoxy groups -OCH3 is 1. The van der Waals surface area contributed by atoms with Crippen LogP contribution in [-0.2, 0) is 0 Å². The van der Waals surface area contributed by atoms with Crippen LogP contribution >= 0.6 is 0 Å². The first-order valence-electron chi connectivity index (χ1n) is 3.75. The minimum atomic E-state index is -3.05. The van der Waals surface area contributed by atoms with Crippen LogP contribution in [0.2, 0.25) is 0 Å². The number of ether oxygens (including phenoxy) is 1. The van der Waals surface area contributed by atoms with Gasteiger partial charge < -0.3 is 9.84 Å². The lowest BCUT2D eigenvalue weighted by Crippen LogP contribution is -2.09. The number of alkyl halides is 2. The van der Waals surface area contributed by atoms with Crippen LogP contribution in [0.3, 0.4) is 0 Å². The quantitative estimate of drug-likeness (QED) is 0.761. The summed E-state index contributed by atoms with van der Waals surface area (Å²) in [5.41, 5.74) is -0.186. The van der Waals surface area contributed by atoms with Gasteiger partial charge in [0.25, 0.3) is 0 Å². The van der Waals surface area contributed by atoms with Gasteiger partial charge in [-0.05, 0) is 18.2 Å². The monoisotopic (exact) mass is 202 g/mol. The summed E-state index contributed by atoms with van der Waals surface area (Å²) in [5.74, 6) is -1.49. The first-order chi connectivity index (χ1) is 6.56. The van der Waals surface area contributed by atoms with E-state index >= 15 is 0 Å². The van der Waals surface area contributed by atoms with E-state index in [2.05, 4.69) is 4.74 Å². The highest BCUT2D eigenvalue weighted by molar-refractivity contribution is 5.98. The van der Waals surface area contributed by atoms with Crippen LogP contribution < -0.4 is 4.74 Å². The third kappa shape index (κ3) is 1.99. The molecule has 3 nitrogen and oxygen atoms in total. The number of hydrogen-bond donors (Lipinski definition) is 1. The van der Waals surface area contributed by atoms with Crippen LogP contribution in [0.4, 0.5) is 8.78 Å². The van der Waals surface area contributed by atoms with Crippen molar-refractivity contribution in [3.8, 4) is 11.5 Å². The number of Topliss-reactive ketones (excluding diaryl/α,β-unsaturated/α-hetero) is 1. The lowest BCUT2D eigenvalue weighted by molar-refractivity contribution is 0.0678. The Balaban J connectivity index is 3.06. The SMILES string of the molecule is COc1cc(C(=O)C(F)F)ccc1O. The minimum Gasteiger partial charge on any atom is -0.504 e. The highest BCUT2D eigenvalue weighted by Gasteiger charge is 2.18. The van der Waals surface area contributed by atoms with Crippen molar-refractivity contribution in [3.05, 3.63) is 23.8 Å². The van der Waals surface area contributed by atoms with Gasteiger partial charge in [-0.25, -0.2) is 8.78 Å². The van der Waals surface area contributed by atoms with E-state index < -0.39 is 12.2 Å². The normalized spacial score (nSPS) is 10.3. The predicted octanol–water partition coefficient (Wildman–Crippen LogP) is 1.85. The summed E-state index contributed by atoms with van der Waals surface area (Å²) in [6.07, 6.45) is -3.05. The molecule has 1 rings (SSSR count). The molecule has 0 aliphatic heterocycles. The van der Waals surface area contributed by atoms with Gasteiger partial charge in [-0.2, -0.15) is 0 Å². The molecule has 0 aliphatic rings. The number of carbonyl (C=O) groups is 1. The first-order valence-corrected chi connectivity index (χ1v) is 3.75. The van der Waals surface area contributed by atoms with Gasteiger partial charge in [0.2, 0.25) is 5.78 Å². The largest absolute Gasteiger partial charge is 0.504 e. The van der Waals surface area contributed by atoms with E-state index in [0.717, 1.165) is 18.2 Å². The molecule has 5 heteroatoms. The zero-order chi connectivity index (χ0) is 10.7. The Morgan fingerprint density at radius 3 is 2.64 bits per heavy atom. The van der Waals surface area contributed by atoms with E-state index in [1.165, 1.54) is 7.11 Å². The van der Waals surface area contributed by atoms with E-state index in [-0.39, 0.29) is 17.1 Å². The van der Waals surface area contributed by atoms with E-state index in [1.807, 2.05) is 0 Å². The number of phenols is 1. The summed E-state index contributed by atoms with van der Waals surface area (Å²) in [4.78, 5) is 10.8. The molecule has 0 bridgehead atoms. The summed E-state index contributed by atoms with van der Waals surface area (Å²) >= 11 is 0. The Morgan fingerprint density at radius 2 is 2.14 bits per heavy atom. The van der Waals surface area contributed by atoms with Crippen molar-refractivity contribution >= 4 is 5.78 Å². The van der Waals surface area contributed by atoms with Crippen molar-refractivity contribution < 1.29 is 23.4 Å². The number of carbonyl (C=O) groups excluding carboxylic acids is 1. The first kappa shape index (κ1) is 10.4. The second-order valence-electron chi connectivity index (χ2n) is 2.55. The summed E-state index contributed by atoms with van der Waals surface area (Å²) in [5, 5.41) is 9.13. The molecule has 1 N–H and O–H groups in total. The van der Waals surface area contributed by atoms with E-state index in [1.54, 1.807) is 0 Å². The van der Waals surface area contributed by atoms with Crippen LogP contribution in [-0.4, -0.2) is 24.4 Å². The predicted molar refractivity (Wildman–Crippen MR) is 45.0 cm³/mol. The topological polar surface area (TPSA) is 46.5 Å². The molecule has 0 heterocycles. The number of phenolic OH excluding ortho intramolecular Hbond substituents is 1. The molecule has 0 saturated carbocycles. The van der Waals surface area contributed by atoms with E-state index in [9.17, 15) is 13.6 Å². The molecule has 1 aromatic carbocycles. The van der Waals surface area contributed by atoms with Crippen LogP contribution in [0.1, 0.15) is 10.4 Å². The molecular formula is C9H8F2O3. The molecule has 0 aliphatic carbocycles. The maximum atomic E-state index is 12.0. The second kappa shape index (κ2) is 4.04. The van der Waals surface area contributed by atoms with Gasteiger partial charge in [-0.3, -0.25) is 4.79 Å². The van der Waals surface area contributed by atoms with Gasteiger partial charge in [0.1, 0.15) is 0 Å². The van der Waals surface area contributed by atoms with Crippen LogP contribution in [0, 0.1) is 0 Å². The maximum Gasteiger partial charge on any atom is 0.300 e. The van der Waals surface area contributed by atoms with Crippen LogP contribution in [0.5, 0.6) is 11.5 Å². The number of benzene rings is 1. The molecule has 0 radical (unpaired) electrons. The van der Waals surface area contributed by atoms with Gasteiger partial charge in [0, 0.05) is 5.56 Å². The molecule has 0 amide bonds. The maximum absolute atomic E-state index is 12.0. The third-order valence-electron chi connectivity index (χ3n) is 1.66. The van der Waals surface area contributed by atoms with Crippen molar-refractivity contribution in [1.29, 1.82) is 0 Å². The molecular weight excluding hydrogens is 194 g/mol. The lowest BCUT2D eigenvalue weighted by Gasteiger charge is -2.05.